The van der Waals surface area contributed by atoms with Crippen molar-refractivity contribution < 1.29 is 37.4 Å². The fraction of sp³-hybridized carbons (Fsp3) is 0.364. The Morgan fingerprint density at radius 2 is 1.58 bits per heavy atom. The number of carbonyl (C=O) groups excluding carboxylic acids is 2. The third-order valence-corrected chi connectivity index (χ3v) is 7.57. The van der Waals surface area contributed by atoms with Crippen LogP contribution in [-0.4, -0.2) is 46.9 Å². The zero-order valence-electron chi connectivity index (χ0n) is 23.7. The zero-order chi connectivity index (χ0) is 30.8. The largest absolute Gasteiger partial charge is 0.489 e. The van der Waals surface area contributed by atoms with Gasteiger partial charge in [-0.2, -0.15) is 13.2 Å². The number of nitrogens with zero attached hydrogens (tertiary/aromatic N) is 1. The van der Waals surface area contributed by atoms with Crippen molar-refractivity contribution in [1.29, 1.82) is 0 Å². The van der Waals surface area contributed by atoms with E-state index in [0.29, 0.717) is 43.9 Å². The van der Waals surface area contributed by atoms with Crippen LogP contribution in [0.4, 0.5) is 13.2 Å². The quantitative estimate of drug-likeness (QED) is 0.282. The number of nitrogens with one attached hydrogen (secondary N) is 1. The molecule has 0 bridgehead atoms. The molecule has 0 spiro atoms. The smallest absolute Gasteiger partial charge is 0.416 e. The highest BCUT2D eigenvalue weighted by molar-refractivity contribution is 5.84. The van der Waals surface area contributed by atoms with Gasteiger partial charge in [-0.05, 0) is 60.1 Å². The van der Waals surface area contributed by atoms with Crippen molar-refractivity contribution in [3.05, 3.63) is 101 Å². The highest BCUT2D eigenvalue weighted by Gasteiger charge is 2.30. The average Bonchev–Trinajstić information content (AvgIpc) is 2.99. The predicted molar refractivity (Wildman–Crippen MR) is 154 cm³/mol. The lowest BCUT2D eigenvalue weighted by Gasteiger charge is -2.32. The van der Waals surface area contributed by atoms with E-state index in [2.05, 4.69) is 5.32 Å². The molecule has 1 aliphatic heterocycles. The maximum atomic E-state index is 12.9. The number of alkyl halides is 3. The van der Waals surface area contributed by atoms with Crippen molar-refractivity contribution in [3.8, 4) is 5.75 Å². The predicted octanol–water partition coefficient (Wildman–Crippen LogP) is 5.66. The highest BCUT2D eigenvalue weighted by Crippen LogP contribution is 2.30. The molecule has 0 radical (unpaired) electrons. The number of ether oxygens (including phenoxy) is 1. The van der Waals surface area contributed by atoms with E-state index < -0.39 is 23.8 Å². The highest BCUT2D eigenvalue weighted by atomic mass is 19.4. The van der Waals surface area contributed by atoms with Gasteiger partial charge in [0.05, 0.1) is 5.56 Å². The Balaban J connectivity index is 1.18. The van der Waals surface area contributed by atoms with E-state index in [9.17, 15) is 32.7 Å². The van der Waals surface area contributed by atoms with E-state index in [1.165, 1.54) is 6.07 Å². The summed E-state index contributed by atoms with van der Waals surface area (Å²) in [7, 11) is 0. The molecule has 43 heavy (non-hydrogen) atoms. The van der Waals surface area contributed by atoms with E-state index in [4.69, 9.17) is 4.74 Å². The van der Waals surface area contributed by atoms with Crippen LogP contribution in [0.5, 0.6) is 5.75 Å². The Hall–Kier alpha value is -4.34. The maximum Gasteiger partial charge on any atom is 0.416 e. The molecule has 1 fully saturated rings. The first-order valence-corrected chi connectivity index (χ1v) is 14.3. The van der Waals surface area contributed by atoms with Crippen LogP contribution in [0.15, 0.2) is 78.9 Å². The summed E-state index contributed by atoms with van der Waals surface area (Å²) in [5.74, 6) is -0.960. The lowest BCUT2D eigenvalue weighted by Crippen LogP contribution is -2.44. The molecule has 1 heterocycles. The van der Waals surface area contributed by atoms with E-state index >= 15 is 0 Å². The molecule has 0 aliphatic carbocycles. The van der Waals surface area contributed by atoms with Crippen LogP contribution in [0.25, 0.3) is 0 Å². The number of aryl methyl sites for hydroxylation is 1. The number of halogens is 3. The van der Waals surface area contributed by atoms with E-state index in [0.717, 1.165) is 23.3 Å². The van der Waals surface area contributed by atoms with Crippen LogP contribution in [-0.2, 0) is 40.0 Å². The van der Waals surface area contributed by atoms with Crippen LogP contribution in [0.2, 0.25) is 0 Å². The Morgan fingerprint density at radius 3 is 2.23 bits per heavy atom. The van der Waals surface area contributed by atoms with Gasteiger partial charge in [-0.15, -0.1) is 0 Å². The SMILES string of the molecule is O=C(CC1CCN(C(=O)CCc2cccc(C(F)(F)F)c2)CC1)NC(Cc1ccc(OCc2ccccc2)cc1)C(=O)O. The first-order chi connectivity index (χ1) is 20.6. The molecule has 4 rings (SSSR count). The fourth-order valence-electron chi connectivity index (χ4n) is 5.11. The summed E-state index contributed by atoms with van der Waals surface area (Å²) in [4.78, 5) is 38.9. The summed E-state index contributed by atoms with van der Waals surface area (Å²) in [5.41, 5.74) is 1.50. The van der Waals surface area contributed by atoms with Crippen molar-refractivity contribution in [3.63, 3.8) is 0 Å². The lowest BCUT2D eigenvalue weighted by molar-refractivity contribution is -0.142. The molecule has 0 saturated carbocycles. The van der Waals surface area contributed by atoms with Crippen molar-refractivity contribution in [2.24, 2.45) is 5.92 Å². The van der Waals surface area contributed by atoms with Gasteiger partial charge in [0.1, 0.15) is 18.4 Å². The lowest BCUT2D eigenvalue weighted by atomic mass is 9.92. The third kappa shape index (κ3) is 9.87. The van der Waals surface area contributed by atoms with Crippen LogP contribution < -0.4 is 10.1 Å². The fourth-order valence-corrected chi connectivity index (χ4v) is 5.11. The molecule has 1 unspecified atom stereocenters. The van der Waals surface area contributed by atoms with E-state index in [1.807, 2.05) is 30.3 Å². The summed E-state index contributed by atoms with van der Waals surface area (Å²) >= 11 is 0. The molecular formula is C33H35F3N2O5. The number of carboxylic acid groups (broad SMARTS) is 1. The topological polar surface area (TPSA) is 95.9 Å². The summed E-state index contributed by atoms with van der Waals surface area (Å²) in [6.07, 6.45) is -2.66. The molecule has 3 aromatic carbocycles. The monoisotopic (exact) mass is 596 g/mol. The standard InChI is InChI=1S/C33H35F3N2O5/c34-33(35,36)27-8-4-7-23(19-27)11-14-31(40)38-17-15-25(16-18-38)21-30(39)37-29(32(41)42)20-24-9-12-28(13-10-24)43-22-26-5-2-1-3-6-26/h1-10,12-13,19,25,29H,11,14-18,20-22H2,(H,37,39)(H,41,42). The van der Waals surface area contributed by atoms with Crippen LogP contribution in [0.3, 0.4) is 0 Å². The minimum absolute atomic E-state index is 0.00279. The number of carboxylic acids is 1. The first kappa shape index (κ1) is 31.6. The minimum atomic E-state index is -4.43. The average molecular weight is 597 g/mol. The van der Waals surface area contributed by atoms with E-state index in [-0.39, 0.29) is 43.4 Å². The Kier molecular flexibility index (Phi) is 10.8. The molecule has 7 nitrogen and oxygen atoms in total. The van der Waals surface area contributed by atoms with Gasteiger partial charge in [0.2, 0.25) is 11.8 Å². The Bertz CT molecular complexity index is 1370. The van der Waals surface area contributed by atoms with Crippen LogP contribution >= 0.6 is 0 Å². The second kappa shape index (κ2) is 14.7. The normalized spacial score (nSPS) is 14.6. The molecule has 1 aliphatic rings. The van der Waals surface area contributed by atoms with Gasteiger partial charge in [-0.3, -0.25) is 9.59 Å². The number of amides is 2. The summed E-state index contributed by atoms with van der Waals surface area (Å²) in [5, 5.41) is 12.3. The number of hydrogen-bond acceptors (Lipinski definition) is 4. The summed E-state index contributed by atoms with van der Waals surface area (Å²) in [6.45, 7) is 1.31. The summed E-state index contributed by atoms with van der Waals surface area (Å²) < 4.78 is 44.6. The number of piperidine rings is 1. The molecule has 0 aromatic heterocycles. The molecule has 1 saturated heterocycles. The van der Waals surface area contributed by atoms with E-state index in [1.54, 1.807) is 35.2 Å². The van der Waals surface area contributed by atoms with Crippen molar-refractivity contribution in [2.45, 2.75) is 57.3 Å². The van der Waals surface area contributed by atoms with Gasteiger partial charge in [-0.25, -0.2) is 4.79 Å². The number of rotatable bonds is 12. The Morgan fingerprint density at radius 1 is 0.907 bits per heavy atom. The number of benzene rings is 3. The second-order valence-electron chi connectivity index (χ2n) is 10.8. The zero-order valence-corrected chi connectivity index (χ0v) is 23.7. The van der Waals surface area contributed by atoms with Crippen LogP contribution in [0, 0.1) is 5.92 Å². The molecule has 10 heteroatoms. The van der Waals surface area contributed by atoms with Gasteiger partial charge >= 0.3 is 12.1 Å². The first-order valence-electron chi connectivity index (χ1n) is 14.3. The second-order valence-corrected chi connectivity index (χ2v) is 10.8. The van der Waals surface area contributed by atoms with Crippen LogP contribution in [0.1, 0.15) is 47.9 Å². The van der Waals surface area contributed by atoms with Crippen molar-refractivity contribution in [1.82, 2.24) is 10.2 Å². The Labute approximate surface area is 248 Å². The molecular weight excluding hydrogens is 561 g/mol. The number of hydrogen-bond donors (Lipinski definition) is 2. The van der Waals surface area contributed by atoms with Gasteiger partial charge < -0.3 is 20.1 Å². The maximum absolute atomic E-state index is 12.9. The molecule has 1 atom stereocenters. The summed E-state index contributed by atoms with van der Waals surface area (Å²) in [6, 6.07) is 20.7. The molecule has 2 amide bonds. The molecule has 2 N–H and O–H groups in total. The van der Waals surface area contributed by atoms with Crippen molar-refractivity contribution >= 4 is 17.8 Å². The number of likely N-dealkylation sites (tertiary alicyclic amines) is 1. The molecule has 3 aromatic rings. The van der Waals surface area contributed by atoms with Gasteiger partial charge in [0.25, 0.3) is 0 Å². The minimum Gasteiger partial charge on any atom is -0.489 e. The number of aliphatic carboxylic acids is 1. The van der Waals surface area contributed by atoms with Gasteiger partial charge in [0.15, 0.2) is 0 Å². The number of carbonyl (C=O) groups is 3. The van der Waals surface area contributed by atoms with Crippen molar-refractivity contribution in [2.75, 3.05) is 13.1 Å². The third-order valence-electron chi connectivity index (χ3n) is 7.57. The van der Waals surface area contributed by atoms with Gasteiger partial charge in [0, 0.05) is 32.4 Å². The molecule has 228 valence electrons. The van der Waals surface area contributed by atoms with Gasteiger partial charge in [-0.1, -0.05) is 60.7 Å².